The number of hydrogen-bond donors (Lipinski definition) is 2. The molecule has 3 aromatic carbocycles. The molecule has 0 saturated carbocycles. The van der Waals surface area contributed by atoms with Crippen molar-refractivity contribution in [2.45, 2.75) is 38.5 Å². The van der Waals surface area contributed by atoms with E-state index in [4.69, 9.17) is 14.3 Å². The van der Waals surface area contributed by atoms with Crippen molar-refractivity contribution in [2.24, 2.45) is 0 Å². The van der Waals surface area contributed by atoms with E-state index in [1.165, 1.54) is 0 Å². The molecule has 0 saturated heterocycles. The van der Waals surface area contributed by atoms with Crippen molar-refractivity contribution in [3.63, 3.8) is 0 Å². The number of sulfonamides is 1. The number of ether oxygens (including phenoxy) is 1. The number of rotatable bonds is 13. The highest BCUT2D eigenvalue weighted by atomic mass is 32.2. The molecule has 38 heavy (non-hydrogen) atoms. The summed E-state index contributed by atoms with van der Waals surface area (Å²) in [6.45, 7) is 2.24. The van der Waals surface area contributed by atoms with E-state index in [0.717, 1.165) is 22.6 Å². The molecule has 0 aliphatic rings. The van der Waals surface area contributed by atoms with Gasteiger partial charge in [-0.2, -0.15) is 0 Å². The van der Waals surface area contributed by atoms with Crippen LogP contribution in [0.3, 0.4) is 0 Å². The number of hydrogen-bond acceptors (Lipinski definition) is 6. The first-order valence-corrected chi connectivity index (χ1v) is 13.9. The van der Waals surface area contributed by atoms with E-state index in [0.29, 0.717) is 35.8 Å². The number of nitrogens with one attached hydrogen (secondary N) is 1. The second-order valence-corrected chi connectivity index (χ2v) is 10.7. The Hall–Kier alpha value is -3.95. The van der Waals surface area contributed by atoms with Gasteiger partial charge < -0.3 is 14.3 Å². The Kier molecular flexibility index (Phi) is 8.93. The van der Waals surface area contributed by atoms with Gasteiger partial charge in [0.2, 0.25) is 15.9 Å². The minimum Gasteiger partial charge on any atom is -0.493 e. The second-order valence-electron chi connectivity index (χ2n) is 8.88. The molecule has 0 spiro atoms. The van der Waals surface area contributed by atoms with Crippen LogP contribution in [0.4, 0.5) is 0 Å². The molecule has 0 aliphatic heterocycles. The first-order valence-electron chi connectivity index (χ1n) is 12.3. The third kappa shape index (κ3) is 7.77. The Labute approximate surface area is 222 Å². The Bertz CT molecular complexity index is 1470. The van der Waals surface area contributed by atoms with Gasteiger partial charge in [-0.15, -0.1) is 0 Å². The Balaban J connectivity index is 1.42. The molecule has 0 atom stereocenters. The topological polar surface area (TPSA) is 119 Å². The lowest BCUT2D eigenvalue weighted by Crippen LogP contribution is -2.25. The van der Waals surface area contributed by atoms with Crippen molar-refractivity contribution in [2.75, 3.05) is 6.61 Å². The maximum absolute atomic E-state index is 12.6. The van der Waals surface area contributed by atoms with Gasteiger partial charge in [0.15, 0.2) is 0 Å². The van der Waals surface area contributed by atoms with Crippen molar-refractivity contribution in [1.82, 2.24) is 9.71 Å². The van der Waals surface area contributed by atoms with Crippen LogP contribution in [0.25, 0.3) is 11.5 Å². The van der Waals surface area contributed by atoms with Gasteiger partial charge in [0, 0.05) is 24.9 Å². The van der Waals surface area contributed by atoms with Gasteiger partial charge in [0.25, 0.3) is 0 Å². The van der Waals surface area contributed by atoms with Crippen LogP contribution < -0.4 is 9.46 Å². The van der Waals surface area contributed by atoms with Gasteiger partial charge in [-0.05, 0) is 54.3 Å². The number of carboxylic acids is 1. The number of carboxylic acid groups (broad SMARTS) is 1. The number of nitrogens with zero attached hydrogens (tertiary/aromatic N) is 1. The lowest BCUT2D eigenvalue weighted by atomic mass is 10.0. The third-order valence-electron chi connectivity index (χ3n) is 5.99. The average molecular weight is 535 g/mol. The standard InChI is InChI=1S/C29H30N2O6S/c1-21-27(31-29(37-21)24-10-6-3-7-11-24)16-17-36-26-14-12-23(13-15-28(32)33)25(18-26)19-30-38(34,35)20-22-8-4-2-5-9-22/h2-12,14,18,30H,13,15-17,19-20H2,1H3,(H,32,33). The highest BCUT2D eigenvalue weighted by Crippen LogP contribution is 2.23. The summed E-state index contributed by atoms with van der Waals surface area (Å²) in [7, 11) is -3.60. The van der Waals surface area contributed by atoms with Gasteiger partial charge in [-0.3, -0.25) is 4.79 Å². The van der Waals surface area contributed by atoms with Gasteiger partial charge in [-0.1, -0.05) is 54.6 Å². The molecule has 1 aromatic heterocycles. The number of aryl methyl sites for hydroxylation is 2. The molecule has 0 fully saturated rings. The van der Waals surface area contributed by atoms with Crippen molar-refractivity contribution < 1.29 is 27.5 Å². The highest BCUT2D eigenvalue weighted by molar-refractivity contribution is 7.88. The molecule has 2 N–H and O–H groups in total. The molecular formula is C29H30N2O6S. The van der Waals surface area contributed by atoms with E-state index in [9.17, 15) is 13.2 Å². The SMILES string of the molecule is Cc1oc(-c2ccccc2)nc1CCOc1ccc(CCC(=O)O)c(CNS(=O)(=O)Cc2ccccc2)c1. The van der Waals surface area contributed by atoms with Crippen LogP contribution in [0.1, 0.15) is 34.6 Å². The summed E-state index contributed by atoms with van der Waals surface area (Å²) in [4.78, 5) is 15.7. The summed E-state index contributed by atoms with van der Waals surface area (Å²) >= 11 is 0. The van der Waals surface area contributed by atoms with Crippen LogP contribution in [0.2, 0.25) is 0 Å². The predicted molar refractivity (Wildman–Crippen MR) is 144 cm³/mol. The number of aliphatic carboxylic acids is 1. The van der Waals surface area contributed by atoms with Crippen molar-refractivity contribution in [3.8, 4) is 17.2 Å². The minimum absolute atomic E-state index is 0.0319. The molecule has 198 valence electrons. The van der Waals surface area contributed by atoms with E-state index >= 15 is 0 Å². The van der Waals surface area contributed by atoms with Crippen LogP contribution in [-0.4, -0.2) is 31.1 Å². The molecule has 8 nitrogen and oxygen atoms in total. The summed E-state index contributed by atoms with van der Waals surface area (Å²) in [6, 6.07) is 23.9. The average Bonchev–Trinajstić information content (AvgIpc) is 3.28. The summed E-state index contributed by atoms with van der Waals surface area (Å²) in [5.41, 5.74) is 3.81. The monoisotopic (exact) mass is 534 g/mol. The van der Waals surface area contributed by atoms with Crippen LogP contribution in [-0.2, 0) is 40.0 Å². The molecular weight excluding hydrogens is 504 g/mol. The van der Waals surface area contributed by atoms with Gasteiger partial charge in [0.05, 0.1) is 18.1 Å². The fraction of sp³-hybridized carbons (Fsp3) is 0.241. The third-order valence-corrected chi connectivity index (χ3v) is 7.29. The predicted octanol–water partition coefficient (Wildman–Crippen LogP) is 4.91. The maximum Gasteiger partial charge on any atom is 0.303 e. The lowest BCUT2D eigenvalue weighted by molar-refractivity contribution is -0.136. The summed E-state index contributed by atoms with van der Waals surface area (Å²) in [6.07, 6.45) is 0.757. The van der Waals surface area contributed by atoms with Gasteiger partial charge in [-0.25, -0.2) is 18.1 Å². The summed E-state index contributed by atoms with van der Waals surface area (Å²) in [5.74, 6) is 0.789. The number of aromatic nitrogens is 1. The summed E-state index contributed by atoms with van der Waals surface area (Å²) < 4.78 is 39.7. The first kappa shape index (κ1) is 27.1. The normalized spacial score (nSPS) is 11.4. The molecule has 4 rings (SSSR count). The first-order chi connectivity index (χ1) is 18.3. The smallest absolute Gasteiger partial charge is 0.303 e. The van der Waals surface area contributed by atoms with Crippen molar-refractivity contribution in [1.29, 1.82) is 0 Å². The molecule has 4 aromatic rings. The molecule has 1 heterocycles. The molecule has 0 unspecified atom stereocenters. The zero-order valence-corrected chi connectivity index (χ0v) is 21.9. The van der Waals surface area contributed by atoms with E-state index in [1.807, 2.05) is 43.3 Å². The number of benzene rings is 3. The second kappa shape index (κ2) is 12.5. The van der Waals surface area contributed by atoms with E-state index in [2.05, 4.69) is 9.71 Å². The van der Waals surface area contributed by atoms with Crippen molar-refractivity contribution in [3.05, 3.63) is 107 Å². The fourth-order valence-corrected chi connectivity index (χ4v) is 5.11. The zero-order chi connectivity index (χ0) is 27.0. The van der Waals surface area contributed by atoms with Crippen molar-refractivity contribution >= 4 is 16.0 Å². The van der Waals surface area contributed by atoms with E-state index in [-0.39, 0.29) is 25.1 Å². The molecule has 0 bridgehead atoms. The lowest BCUT2D eigenvalue weighted by Gasteiger charge is -2.14. The number of oxazole rings is 1. The molecule has 0 radical (unpaired) electrons. The van der Waals surface area contributed by atoms with Crippen LogP contribution in [0.5, 0.6) is 5.75 Å². The molecule has 9 heteroatoms. The highest BCUT2D eigenvalue weighted by Gasteiger charge is 2.15. The maximum atomic E-state index is 12.6. The Morgan fingerprint density at radius 1 is 0.974 bits per heavy atom. The van der Waals surface area contributed by atoms with E-state index < -0.39 is 16.0 Å². The summed E-state index contributed by atoms with van der Waals surface area (Å²) in [5, 5.41) is 9.12. The Morgan fingerprint density at radius 3 is 2.39 bits per heavy atom. The van der Waals surface area contributed by atoms with Crippen LogP contribution in [0, 0.1) is 6.92 Å². The zero-order valence-electron chi connectivity index (χ0n) is 21.1. The molecule has 0 amide bonds. The van der Waals surface area contributed by atoms with E-state index in [1.54, 1.807) is 42.5 Å². The van der Waals surface area contributed by atoms with Crippen LogP contribution in [0.15, 0.2) is 83.3 Å². The van der Waals surface area contributed by atoms with Gasteiger partial charge >= 0.3 is 5.97 Å². The van der Waals surface area contributed by atoms with Gasteiger partial charge in [0.1, 0.15) is 11.5 Å². The fourth-order valence-electron chi connectivity index (χ4n) is 4.00. The Morgan fingerprint density at radius 2 is 1.68 bits per heavy atom. The molecule has 0 aliphatic carbocycles. The minimum atomic E-state index is -3.60. The number of carbonyl (C=O) groups is 1. The quantitative estimate of drug-likeness (QED) is 0.250. The van der Waals surface area contributed by atoms with Crippen LogP contribution >= 0.6 is 0 Å². The largest absolute Gasteiger partial charge is 0.493 e.